The maximum atomic E-state index is 5.82. The summed E-state index contributed by atoms with van der Waals surface area (Å²) in [7, 11) is 0. The summed E-state index contributed by atoms with van der Waals surface area (Å²) in [4.78, 5) is 16.6. The van der Waals surface area contributed by atoms with Gasteiger partial charge in [-0.3, -0.25) is 0 Å². The largest absolute Gasteiger partial charge is 0.494 e. The Labute approximate surface area is 211 Å². The first-order chi connectivity index (χ1) is 17.2. The van der Waals surface area contributed by atoms with Crippen molar-refractivity contribution in [3.8, 4) is 5.75 Å². The van der Waals surface area contributed by atoms with Gasteiger partial charge in [0.15, 0.2) is 0 Å². The van der Waals surface area contributed by atoms with Gasteiger partial charge in [-0.1, -0.05) is 28.1 Å². The second kappa shape index (κ2) is 9.39. The minimum atomic E-state index is 0.696. The molecule has 0 radical (unpaired) electrons. The van der Waals surface area contributed by atoms with Crippen molar-refractivity contribution in [3.63, 3.8) is 0 Å². The molecule has 2 aliphatic heterocycles. The van der Waals surface area contributed by atoms with Crippen LogP contribution in [0.25, 0.3) is 45.9 Å². The topological polar surface area (TPSA) is 66.6 Å². The van der Waals surface area contributed by atoms with Crippen LogP contribution in [0.1, 0.15) is 34.8 Å². The molecule has 0 atom stereocenters. The minimum absolute atomic E-state index is 0.696. The molecule has 0 spiro atoms. The maximum Gasteiger partial charge on any atom is 0.119 e. The Morgan fingerprint density at radius 3 is 2.00 bits per heavy atom. The van der Waals surface area contributed by atoms with Crippen LogP contribution in [0, 0.1) is 0 Å². The van der Waals surface area contributed by atoms with Gasteiger partial charge in [0.25, 0.3) is 0 Å². The van der Waals surface area contributed by atoms with Gasteiger partial charge in [0, 0.05) is 33.0 Å². The number of aromatic nitrogens is 4. The highest BCUT2D eigenvalue weighted by Gasteiger charge is 2.14. The molecule has 2 aliphatic rings. The van der Waals surface area contributed by atoms with Crippen LogP contribution in [0.5, 0.6) is 5.75 Å². The van der Waals surface area contributed by atoms with Gasteiger partial charge < -0.3 is 14.7 Å². The molecule has 35 heavy (non-hydrogen) atoms. The number of hydrogen-bond acceptors (Lipinski definition) is 3. The van der Waals surface area contributed by atoms with Crippen LogP contribution < -0.4 is 4.74 Å². The van der Waals surface area contributed by atoms with Crippen LogP contribution in [0.2, 0.25) is 0 Å². The summed E-state index contributed by atoms with van der Waals surface area (Å²) in [6.45, 7) is 0.696. The number of benzene rings is 1. The molecule has 3 aromatic heterocycles. The number of ether oxygens (including phenoxy) is 1. The normalized spacial score (nSPS) is 12.5. The van der Waals surface area contributed by atoms with Crippen LogP contribution in [-0.2, 0) is 0 Å². The van der Waals surface area contributed by atoms with E-state index in [2.05, 4.69) is 80.5 Å². The summed E-state index contributed by atoms with van der Waals surface area (Å²) in [5.41, 5.74) is 9.80. The van der Waals surface area contributed by atoms with E-state index in [0.717, 1.165) is 73.5 Å². The molecule has 5 heterocycles. The molecule has 5 nitrogen and oxygen atoms in total. The second-order valence-corrected chi connectivity index (χ2v) is 9.30. The van der Waals surface area contributed by atoms with Crippen molar-refractivity contribution in [1.82, 2.24) is 19.9 Å². The lowest BCUT2D eigenvalue weighted by atomic mass is 10.0. The number of nitrogens with one attached hydrogen (secondary N) is 2. The molecule has 0 amide bonds. The summed E-state index contributed by atoms with van der Waals surface area (Å²) < 4.78 is 5.82. The Balaban J connectivity index is 1.48. The van der Waals surface area contributed by atoms with Gasteiger partial charge in [0.05, 0.1) is 29.4 Å². The summed E-state index contributed by atoms with van der Waals surface area (Å²) in [5.74, 6) is 0.873. The molecule has 8 bridgehead atoms. The lowest BCUT2D eigenvalue weighted by Crippen LogP contribution is -1.97. The van der Waals surface area contributed by atoms with Gasteiger partial charge >= 0.3 is 0 Å². The zero-order valence-corrected chi connectivity index (χ0v) is 20.5. The molecule has 6 heteroatoms. The molecule has 172 valence electrons. The molecular formula is C29H23BrN4O. The predicted octanol–water partition coefficient (Wildman–Crippen LogP) is 7.24. The molecule has 1 aromatic carbocycles. The van der Waals surface area contributed by atoms with E-state index in [9.17, 15) is 0 Å². The number of nitrogens with zero attached hydrogens (tertiary/aromatic N) is 2. The number of fused-ring (bicyclic) bond motifs is 8. The van der Waals surface area contributed by atoms with Crippen molar-refractivity contribution >= 4 is 61.8 Å². The Hall–Kier alpha value is -3.90. The zero-order valence-electron chi connectivity index (χ0n) is 19.0. The fourth-order valence-electron chi connectivity index (χ4n) is 4.22. The van der Waals surface area contributed by atoms with E-state index >= 15 is 0 Å². The number of H-pyrrole nitrogens is 2. The van der Waals surface area contributed by atoms with Crippen LogP contribution >= 0.6 is 15.9 Å². The number of hydrogen-bond donors (Lipinski definition) is 2. The van der Waals surface area contributed by atoms with Crippen molar-refractivity contribution in [2.45, 2.75) is 6.42 Å². The highest BCUT2D eigenvalue weighted by molar-refractivity contribution is 9.09. The van der Waals surface area contributed by atoms with Gasteiger partial charge in [-0.2, -0.15) is 0 Å². The summed E-state index contributed by atoms with van der Waals surface area (Å²) >= 11 is 3.44. The second-order valence-electron chi connectivity index (χ2n) is 8.51. The SMILES string of the molecule is BrCCCOc1ccc(C2=Cc3cc4ccc(cc5ccc(cc6nc(cc2n3)C=C6)[nH]5)[nH]4)cc1. The number of aromatic amines is 2. The highest BCUT2D eigenvalue weighted by atomic mass is 79.9. The van der Waals surface area contributed by atoms with Gasteiger partial charge in [0.1, 0.15) is 5.75 Å². The van der Waals surface area contributed by atoms with Crippen molar-refractivity contribution in [1.29, 1.82) is 0 Å². The Kier molecular flexibility index (Phi) is 5.80. The molecule has 2 N–H and O–H groups in total. The van der Waals surface area contributed by atoms with E-state index < -0.39 is 0 Å². The monoisotopic (exact) mass is 522 g/mol. The van der Waals surface area contributed by atoms with Crippen molar-refractivity contribution in [3.05, 3.63) is 101 Å². The van der Waals surface area contributed by atoms with Crippen molar-refractivity contribution in [2.24, 2.45) is 0 Å². The first-order valence-electron chi connectivity index (χ1n) is 11.6. The van der Waals surface area contributed by atoms with E-state index in [1.165, 1.54) is 0 Å². The predicted molar refractivity (Wildman–Crippen MR) is 147 cm³/mol. The third-order valence-corrected chi connectivity index (χ3v) is 6.44. The Morgan fingerprint density at radius 1 is 0.686 bits per heavy atom. The molecule has 0 unspecified atom stereocenters. The lowest BCUT2D eigenvalue weighted by Gasteiger charge is -2.07. The average Bonchev–Trinajstić information content (AvgIpc) is 3.65. The Bertz CT molecular complexity index is 1610. The van der Waals surface area contributed by atoms with Crippen LogP contribution in [0.4, 0.5) is 0 Å². The van der Waals surface area contributed by atoms with Crippen molar-refractivity contribution < 1.29 is 4.74 Å². The minimum Gasteiger partial charge on any atom is -0.494 e. The van der Waals surface area contributed by atoms with E-state index in [4.69, 9.17) is 14.7 Å². The molecule has 4 aromatic rings. The fourth-order valence-corrected chi connectivity index (χ4v) is 4.45. The molecule has 0 fully saturated rings. The first-order valence-corrected chi connectivity index (χ1v) is 12.7. The average molecular weight is 523 g/mol. The van der Waals surface area contributed by atoms with E-state index in [1.54, 1.807) is 0 Å². The van der Waals surface area contributed by atoms with E-state index in [0.29, 0.717) is 6.61 Å². The summed E-state index contributed by atoms with van der Waals surface area (Å²) in [6.07, 6.45) is 7.16. The standard InChI is InChI=1S/C29H23BrN4O/c30-12-1-13-35-27-10-2-19(3-11-27)28-17-26-16-24-7-6-22(32-24)14-20-4-5-21(31-20)15-23-8-9-25(33-23)18-29(28)34-26/h2-11,14-18,31-32H,1,12-13H2. The fraction of sp³-hybridized carbons (Fsp3) is 0.103. The zero-order chi connectivity index (χ0) is 23.6. The van der Waals surface area contributed by atoms with Crippen LogP contribution in [0.3, 0.4) is 0 Å². The molecular weight excluding hydrogens is 500 g/mol. The highest BCUT2D eigenvalue weighted by Crippen LogP contribution is 2.30. The first kappa shape index (κ1) is 21.6. The van der Waals surface area contributed by atoms with Gasteiger partial charge in [-0.15, -0.1) is 0 Å². The maximum absolute atomic E-state index is 5.82. The van der Waals surface area contributed by atoms with Gasteiger partial charge in [-0.25, -0.2) is 9.97 Å². The molecule has 0 aliphatic carbocycles. The number of alkyl halides is 1. The molecule has 0 saturated carbocycles. The van der Waals surface area contributed by atoms with E-state index in [1.807, 2.05) is 36.4 Å². The molecule has 6 rings (SSSR count). The number of rotatable bonds is 5. The summed E-state index contributed by atoms with van der Waals surface area (Å²) in [5, 5.41) is 0.935. The Morgan fingerprint density at radius 2 is 1.31 bits per heavy atom. The van der Waals surface area contributed by atoms with Gasteiger partial charge in [-0.05, 0) is 90.9 Å². The third kappa shape index (κ3) is 4.84. The smallest absolute Gasteiger partial charge is 0.119 e. The van der Waals surface area contributed by atoms with Gasteiger partial charge in [0.2, 0.25) is 0 Å². The molecule has 0 saturated heterocycles. The lowest BCUT2D eigenvalue weighted by molar-refractivity contribution is 0.319. The van der Waals surface area contributed by atoms with Crippen molar-refractivity contribution in [2.75, 3.05) is 11.9 Å². The van der Waals surface area contributed by atoms with E-state index in [-0.39, 0.29) is 0 Å². The van der Waals surface area contributed by atoms with Crippen LogP contribution in [-0.4, -0.2) is 31.9 Å². The summed E-state index contributed by atoms with van der Waals surface area (Å²) in [6, 6.07) is 24.7. The number of halogens is 1. The quantitative estimate of drug-likeness (QED) is 0.185. The van der Waals surface area contributed by atoms with Crippen LogP contribution in [0.15, 0.2) is 72.8 Å². The third-order valence-electron chi connectivity index (χ3n) is 5.88.